The fourth-order valence-corrected chi connectivity index (χ4v) is 5.11. The smallest absolute Gasteiger partial charge is 0.243 e. The third-order valence-corrected chi connectivity index (χ3v) is 6.82. The maximum atomic E-state index is 13.1. The number of rotatable bonds is 7. The maximum Gasteiger partial charge on any atom is 0.243 e. The van der Waals surface area contributed by atoms with Crippen molar-refractivity contribution in [2.45, 2.75) is 50.7 Å². The molecule has 1 aliphatic rings. The largest absolute Gasteiger partial charge is 0.491 e. The second-order valence-corrected chi connectivity index (χ2v) is 9.50. The fraction of sp³-hybridized carbons (Fsp3) is 0.409. The van der Waals surface area contributed by atoms with E-state index >= 15 is 0 Å². The van der Waals surface area contributed by atoms with Gasteiger partial charge in [0.05, 0.1) is 17.5 Å². The third-order valence-electron chi connectivity index (χ3n) is 4.82. The Labute approximate surface area is 202 Å². The molecule has 2 aromatic rings. The molecule has 0 radical (unpaired) electrons. The molecule has 170 valence electrons. The van der Waals surface area contributed by atoms with Crippen molar-refractivity contribution in [1.29, 1.82) is 0 Å². The first-order valence-electron chi connectivity index (χ1n) is 10.3. The second kappa shape index (κ2) is 11.7. The number of ether oxygens (including phenoxy) is 1. The van der Waals surface area contributed by atoms with Crippen LogP contribution in [0.4, 0.5) is 5.69 Å². The summed E-state index contributed by atoms with van der Waals surface area (Å²) in [5.41, 5.74) is 7.43. The van der Waals surface area contributed by atoms with E-state index in [2.05, 4.69) is 10.3 Å². The third kappa shape index (κ3) is 7.08. The number of hydrogen-bond acceptors (Lipinski definition) is 4. The minimum Gasteiger partial charge on any atom is -0.491 e. The van der Waals surface area contributed by atoms with Crippen LogP contribution in [0.5, 0.6) is 5.75 Å². The predicted octanol–water partition coefficient (Wildman–Crippen LogP) is 4.19. The number of sulfonamides is 1. The molecular weight excluding hydrogens is 527 g/mol. The van der Waals surface area contributed by atoms with Crippen LogP contribution < -0.4 is 15.8 Å². The van der Waals surface area contributed by atoms with E-state index in [1.807, 2.05) is 44.2 Å². The summed E-state index contributed by atoms with van der Waals surface area (Å²) in [6, 6.07) is 14.4. The topological polar surface area (TPSA) is 97.0 Å². The van der Waals surface area contributed by atoms with Crippen molar-refractivity contribution in [2.24, 2.45) is 10.7 Å². The molecule has 1 saturated heterocycles. The Morgan fingerprint density at radius 1 is 1.10 bits per heavy atom. The molecule has 3 rings (SSSR count). The van der Waals surface area contributed by atoms with E-state index in [9.17, 15) is 8.42 Å². The van der Waals surface area contributed by atoms with Gasteiger partial charge in [-0.3, -0.25) is 0 Å². The van der Waals surface area contributed by atoms with E-state index in [1.165, 1.54) is 0 Å². The number of anilines is 1. The lowest BCUT2D eigenvalue weighted by Crippen LogP contribution is -2.36. The average molecular weight is 558 g/mol. The molecular formula is C22H31IN4O3S. The number of hydrogen-bond donors (Lipinski definition) is 2. The molecule has 7 nitrogen and oxygen atoms in total. The van der Waals surface area contributed by atoms with Crippen molar-refractivity contribution in [3.8, 4) is 5.75 Å². The predicted molar refractivity (Wildman–Crippen MR) is 136 cm³/mol. The summed E-state index contributed by atoms with van der Waals surface area (Å²) in [5, 5.41) is 3.03. The summed E-state index contributed by atoms with van der Waals surface area (Å²) < 4.78 is 33.3. The van der Waals surface area contributed by atoms with Crippen LogP contribution in [-0.4, -0.2) is 37.9 Å². The van der Waals surface area contributed by atoms with Crippen molar-refractivity contribution < 1.29 is 13.2 Å². The van der Waals surface area contributed by atoms with Crippen molar-refractivity contribution >= 4 is 45.6 Å². The lowest BCUT2D eigenvalue weighted by Gasteiger charge is -2.26. The molecule has 1 fully saturated rings. The van der Waals surface area contributed by atoms with E-state index in [0.717, 1.165) is 30.7 Å². The highest BCUT2D eigenvalue weighted by atomic mass is 127. The Bertz CT molecular complexity index is 973. The lowest BCUT2D eigenvalue weighted by molar-refractivity contribution is 0.242. The van der Waals surface area contributed by atoms with Gasteiger partial charge in [-0.2, -0.15) is 4.31 Å². The normalized spacial score (nSPS) is 15.4. The van der Waals surface area contributed by atoms with Gasteiger partial charge in [0.1, 0.15) is 5.75 Å². The van der Waals surface area contributed by atoms with Crippen LogP contribution in [0, 0.1) is 0 Å². The summed E-state index contributed by atoms with van der Waals surface area (Å²) in [6.07, 6.45) is 2.98. The van der Waals surface area contributed by atoms with E-state index < -0.39 is 10.0 Å². The van der Waals surface area contributed by atoms with Crippen LogP contribution >= 0.6 is 24.0 Å². The Morgan fingerprint density at radius 2 is 1.74 bits per heavy atom. The molecule has 0 amide bonds. The molecule has 0 aromatic heterocycles. The summed E-state index contributed by atoms with van der Waals surface area (Å²) in [5.74, 6) is 1.00. The number of halogens is 1. The quantitative estimate of drug-likeness (QED) is 0.302. The van der Waals surface area contributed by atoms with Crippen molar-refractivity contribution in [1.82, 2.24) is 4.31 Å². The Balaban J connectivity index is 0.00000341. The van der Waals surface area contributed by atoms with Crippen LogP contribution in [0.15, 0.2) is 58.4 Å². The van der Waals surface area contributed by atoms with Crippen LogP contribution in [0.1, 0.15) is 38.7 Å². The van der Waals surface area contributed by atoms with Gasteiger partial charge in [0.25, 0.3) is 0 Å². The SMILES string of the molecule is CC(C)Oc1ccc(NC(N)=NCc2ccccc2S(=O)(=O)N2CCCCC2)cc1.I. The molecule has 0 unspecified atom stereocenters. The lowest BCUT2D eigenvalue weighted by atomic mass is 10.2. The molecule has 0 atom stereocenters. The van der Waals surface area contributed by atoms with Crippen LogP contribution in [0.25, 0.3) is 0 Å². The standard InChI is InChI=1S/C22H30N4O3S.HI/c1-17(2)29-20-12-10-19(11-13-20)25-22(23)24-16-18-8-4-5-9-21(18)30(27,28)26-14-6-3-7-15-26;/h4-5,8-13,17H,3,6-7,14-16H2,1-2H3,(H3,23,24,25);1H. The highest BCUT2D eigenvalue weighted by molar-refractivity contribution is 14.0. The van der Waals surface area contributed by atoms with E-state index in [-0.39, 0.29) is 42.6 Å². The number of nitrogens with zero attached hydrogens (tertiary/aromatic N) is 2. The van der Waals surface area contributed by atoms with E-state index in [0.29, 0.717) is 23.5 Å². The number of piperidine rings is 1. The zero-order chi connectivity index (χ0) is 21.6. The molecule has 9 heteroatoms. The second-order valence-electron chi connectivity index (χ2n) is 7.59. The molecule has 1 aliphatic heterocycles. The molecule has 0 spiro atoms. The van der Waals surface area contributed by atoms with Crippen molar-refractivity contribution in [3.05, 3.63) is 54.1 Å². The first-order valence-corrected chi connectivity index (χ1v) is 11.7. The number of nitrogens with one attached hydrogen (secondary N) is 1. The van der Waals surface area contributed by atoms with Crippen molar-refractivity contribution in [3.63, 3.8) is 0 Å². The zero-order valence-electron chi connectivity index (χ0n) is 18.0. The molecule has 2 aromatic carbocycles. The number of aliphatic imine (C=N–C) groups is 1. The van der Waals surface area contributed by atoms with Crippen molar-refractivity contribution in [2.75, 3.05) is 18.4 Å². The van der Waals surface area contributed by atoms with Gasteiger partial charge in [0.15, 0.2) is 5.96 Å². The molecule has 1 heterocycles. The molecule has 3 N–H and O–H groups in total. The molecule has 0 saturated carbocycles. The fourth-order valence-electron chi connectivity index (χ4n) is 3.38. The summed E-state index contributed by atoms with van der Waals surface area (Å²) in [4.78, 5) is 4.65. The number of benzene rings is 2. The Morgan fingerprint density at radius 3 is 2.39 bits per heavy atom. The van der Waals surface area contributed by atoms with Gasteiger partial charge < -0.3 is 15.8 Å². The van der Waals surface area contributed by atoms with E-state index in [4.69, 9.17) is 10.5 Å². The van der Waals surface area contributed by atoms with Crippen LogP contribution in [0.2, 0.25) is 0 Å². The van der Waals surface area contributed by atoms with E-state index in [1.54, 1.807) is 22.5 Å². The van der Waals surface area contributed by atoms with Gasteiger partial charge in [-0.15, -0.1) is 24.0 Å². The zero-order valence-corrected chi connectivity index (χ0v) is 21.1. The molecule has 0 aliphatic carbocycles. The Hall–Kier alpha value is -1.85. The van der Waals surface area contributed by atoms with Gasteiger partial charge in [0, 0.05) is 18.8 Å². The average Bonchev–Trinajstić information content (AvgIpc) is 2.74. The molecule has 31 heavy (non-hydrogen) atoms. The minimum atomic E-state index is -3.53. The summed E-state index contributed by atoms with van der Waals surface area (Å²) in [7, 11) is -3.53. The van der Waals surface area contributed by atoms with Gasteiger partial charge in [-0.05, 0) is 62.6 Å². The first-order chi connectivity index (χ1) is 14.4. The monoisotopic (exact) mass is 558 g/mol. The van der Waals surface area contributed by atoms with Crippen LogP contribution in [-0.2, 0) is 16.6 Å². The minimum absolute atomic E-state index is 0. The first kappa shape index (κ1) is 25.4. The highest BCUT2D eigenvalue weighted by Gasteiger charge is 2.27. The van der Waals surface area contributed by atoms with Gasteiger partial charge in [-0.1, -0.05) is 24.6 Å². The highest BCUT2D eigenvalue weighted by Crippen LogP contribution is 2.24. The maximum absolute atomic E-state index is 13.1. The van der Waals surface area contributed by atoms with Gasteiger partial charge >= 0.3 is 0 Å². The number of guanidine groups is 1. The number of nitrogens with two attached hydrogens (primary N) is 1. The van der Waals surface area contributed by atoms with Crippen LogP contribution in [0.3, 0.4) is 0 Å². The van der Waals surface area contributed by atoms with Gasteiger partial charge in [0.2, 0.25) is 10.0 Å². The summed E-state index contributed by atoms with van der Waals surface area (Å²) in [6.45, 7) is 5.26. The summed E-state index contributed by atoms with van der Waals surface area (Å²) >= 11 is 0. The Kier molecular flexibility index (Phi) is 9.57. The van der Waals surface area contributed by atoms with Gasteiger partial charge in [-0.25, -0.2) is 13.4 Å². The molecule has 0 bridgehead atoms.